The van der Waals surface area contributed by atoms with Crippen LogP contribution in [0.2, 0.25) is 0 Å². The Bertz CT molecular complexity index is 670. The van der Waals surface area contributed by atoms with E-state index in [2.05, 4.69) is 36.3 Å². The number of nitrogens with zero attached hydrogens (tertiary/aromatic N) is 2. The van der Waals surface area contributed by atoms with E-state index in [0.29, 0.717) is 23.8 Å². The summed E-state index contributed by atoms with van der Waals surface area (Å²) in [6.07, 6.45) is 3.92. The van der Waals surface area contributed by atoms with Gasteiger partial charge in [0.1, 0.15) is 0 Å². The average molecular weight is 407 g/mol. The molecule has 0 unspecified atom stereocenters. The third kappa shape index (κ3) is 6.16. The zero-order valence-electron chi connectivity index (χ0n) is 18.9. The second-order valence-electron chi connectivity index (χ2n) is 7.90. The molecule has 0 spiro atoms. The summed E-state index contributed by atoms with van der Waals surface area (Å²) >= 11 is 0. The number of piperidine rings is 1. The van der Waals surface area contributed by atoms with Crippen molar-refractivity contribution in [2.24, 2.45) is 4.99 Å². The maximum atomic E-state index is 5.57. The van der Waals surface area contributed by atoms with Crippen molar-refractivity contribution >= 4 is 5.96 Å². The molecule has 2 rings (SSSR count). The first-order chi connectivity index (χ1) is 14.0. The minimum Gasteiger partial charge on any atom is -0.493 e. The third-order valence-corrected chi connectivity index (χ3v) is 5.44. The van der Waals surface area contributed by atoms with E-state index < -0.39 is 0 Å². The fourth-order valence-electron chi connectivity index (χ4n) is 3.70. The molecule has 29 heavy (non-hydrogen) atoms. The topological polar surface area (TPSA) is 67.4 Å². The smallest absolute Gasteiger partial charge is 0.203 e. The minimum atomic E-state index is 0.0810. The average Bonchev–Trinajstić information content (AvgIpc) is 2.75. The van der Waals surface area contributed by atoms with Gasteiger partial charge in [0.15, 0.2) is 17.5 Å². The highest BCUT2D eigenvalue weighted by Crippen LogP contribution is 2.39. The molecular formula is C22H38N4O3. The highest BCUT2D eigenvalue weighted by Gasteiger charge is 2.28. The lowest BCUT2D eigenvalue weighted by Gasteiger charge is -2.41. The van der Waals surface area contributed by atoms with Gasteiger partial charge in [-0.05, 0) is 58.8 Å². The Hall–Kier alpha value is -2.15. The largest absolute Gasteiger partial charge is 0.493 e. The number of guanidine groups is 1. The summed E-state index contributed by atoms with van der Waals surface area (Å²) in [6.45, 7) is 11.1. The Morgan fingerprint density at radius 1 is 1.00 bits per heavy atom. The first-order valence-corrected chi connectivity index (χ1v) is 10.5. The van der Waals surface area contributed by atoms with Crippen molar-refractivity contribution in [2.45, 2.75) is 52.1 Å². The van der Waals surface area contributed by atoms with E-state index in [-0.39, 0.29) is 5.54 Å². The van der Waals surface area contributed by atoms with Crippen LogP contribution in [0, 0.1) is 0 Å². The van der Waals surface area contributed by atoms with Gasteiger partial charge in [-0.3, -0.25) is 4.90 Å². The number of aliphatic imine (C=N–C) groups is 1. The molecule has 164 valence electrons. The van der Waals surface area contributed by atoms with Crippen LogP contribution < -0.4 is 24.8 Å². The van der Waals surface area contributed by atoms with E-state index >= 15 is 0 Å². The quantitative estimate of drug-likeness (QED) is 0.485. The molecule has 0 amide bonds. The summed E-state index contributed by atoms with van der Waals surface area (Å²) in [5.74, 6) is 2.69. The number of methoxy groups -OCH3 is 3. The molecule has 1 fully saturated rings. The molecule has 0 bridgehead atoms. The number of hydrogen-bond donors (Lipinski definition) is 2. The van der Waals surface area contributed by atoms with Gasteiger partial charge < -0.3 is 24.8 Å². The summed E-state index contributed by atoms with van der Waals surface area (Å²) in [7, 11) is 4.86. The van der Waals surface area contributed by atoms with Crippen molar-refractivity contribution in [1.29, 1.82) is 0 Å². The molecular weight excluding hydrogens is 368 g/mol. The van der Waals surface area contributed by atoms with Gasteiger partial charge in [-0.2, -0.15) is 0 Å². The lowest BCUT2D eigenvalue weighted by Crippen LogP contribution is -2.54. The SMILES string of the molecule is CCNC(=NCc1ccc(OC)c(OC)c1OC)NCC(C)(C)N1CCCCC1. The van der Waals surface area contributed by atoms with Gasteiger partial charge in [-0.25, -0.2) is 4.99 Å². The molecule has 0 aromatic heterocycles. The van der Waals surface area contributed by atoms with Crippen molar-refractivity contribution in [3.8, 4) is 17.2 Å². The van der Waals surface area contributed by atoms with Crippen molar-refractivity contribution in [3.05, 3.63) is 17.7 Å². The lowest BCUT2D eigenvalue weighted by atomic mass is 9.98. The summed E-state index contributed by atoms with van der Waals surface area (Å²) in [5, 5.41) is 6.86. The summed E-state index contributed by atoms with van der Waals surface area (Å²) in [5.41, 5.74) is 1.02. The van der Waals surface area contributed by atoms with E-state index in [1.807, 2.05) is 12.1 Å². The molecule has 1 aromatic rings. The first-order valence-electron chi connectivity index (χ1n) is 10.5. The Morgan fingerprint density at radius 3 is 2.28 bits per heavy atom. The van der Waals surface area contributed by atoms with Crippen LogP contribution in [-0.2, 0) is 6.54 Å². The summed E-state index contributed by atoms with van der Waals surface area (Å²) in [6, 6.07) is 3.84. The first kappa shape index (κ1) is 23.1. The lowest BCUT2D eigenvalue weighted by molar-refractivity contribution is 0.0982. The number of benzene rings is 1. The van der Waals surface area contributed by atoms with Crippen molar-refractivity contribution in [2.75, 3.05) is 47.5 Å². The van der Waals surface area contributed by atoms with E-state index in [9.17, 15) is 0 Å². The van der Waals surface area contributed by atoms with Gasteiger partial charge in [0, 0.05) is 24.2 Å². The maximum Gasteiger partial charge on any atom is 0.203 e. The van der Waals surface area contributed by atoms with Gasteiger partial charge >= 0.3 is 0 Å². The molecule has 1 saturated heterocycles. The van der Waals surface area contributed by atoms with Crippen molar-refractivity contribution < 1.29 is 14.2 Å². The van der Waals surface area contributed by atoms with Crippen LogP contribution in [0.3, 0.4) is 0 Å². The Kier molecular flexibility index (Phi) is 8.89. The number of hydrogen-bond acceptors (Lipinski definition) is 5. The second-order valence-corrected chi connectivity index (χ2v) is 7.90. The van der Waals surface area contributed by atoms with Gasteiger partial charge in [-0.15, -0.1) is 0 Å². The zero-order valence-corrected chi connectivity index (χ0v) is 18.9. The van der Waals surface area contributed by atoms with Gasteiger partial charge in [0.05, 0.1) is 27.9 Å². The van der Waals surface area contributed by atoms with Crippen LogP contribution in [0.15, 0.2) is 17.1 Å². The van der Waals surface area contributed by atoms with E-state index in [4.69, 9.17) is 19.2 Å². The van der Waals surface area contributed by atoms with Crippen LogP contribution >= 0.6 is 0 Å². The normalized spacial score (nSPS) is 15.7. The molecule has 7 nitrogen and oxygen atoms in total. The van der Waals surface area contributed by atoms with Crippen LogP contribution in [0.4, 0.5) is 0 Å². The number of likely N-dealkylation sites (tertiary alicyclic amines) is 1. The molecule has 1 aliphatic rings. The van der Waals surface area contributed by atoms with Crippen LogP contribution in [-0.4, -0.2) is 63.9 Å². The van der Waals surface area contributed by atoms with E-state index in [0.717, 1.165) is 24.6 Å². The molecule has 2 N–H and O–H groups in total. The number of nitrogens with one attached hydrogen (secondary N) is 2. The fraction of sp³-hybridized carbons (Fsp3) is 0.682. The standard InChI is InChI=1S/C22H38N4O3/c1-7-23-21(25-16-22(2,3)26-13-9-8-10-14-26)24-15-17-11-12-18(27-4)20(29-6)19(17)28-5/h11-12H,7-10,13-16H2,1-6H3,(H2,23,24,25). The van der Waals surface area contributed by atoms with Gasteiger partial charge in [0.25, 0.3) is 0 Å². The predicted octanol–water partition coefficient (Wildman–Crippen LogP) is 3.03. The molecule has 1 heterocycles. The number of ether oxygens (including phenoxy) is 3. The van der Waals surface area contributed by atoms with Gasteiger partial charge in [-0.1, -0.05) is 6.42 Å². The molecule has 0 saturated carbocycles. The highest BCUT2D eigenvalue weighted by atomic mass is 16.5. The van der Waals surface area contributed by atoms with Crippen LogP contribution in [0.25, 0.3) is 0 Å². The summed E-state index contributed by atoms with van der Waals surface area (Å²) in [4.78, 5) is 7.34. The molecule has 0 aliphatic carbocycles. The third-order valence-electron chi connectivity index (χ3n) is 5.44. The van der Waals surface area contributed by atoms with E-state index in [1.54, 1.807) is 21.3 Å². The molecule has 0 atom stereocenters. The molecule has 1 aliphatic heterocycles. The zero-order chi connectivity index (χ0) is 21.3. The second kappa shape index (κ2) is 11.1. The minimum absolute atomic E-state index is 0.0810. The Labute approximate surface area is 175 Å². The predicted molar refractivity (Wildman–Crippen MR) is 118 cm³/mol. The Balaban J connectivity index is 2.10. The van der Waals surface area contributed by atoms with E-state index in [1.165, 1.54) is 32.4 Å². The van der Waals surface area contributed by atoms with Crippen LogP contribution in [0.5, 0.6) is 17.2 Å². The Morgan fingerprint density at radius 2 is 1.69 bits per heavy atom. The van der Waals surface area contributed by atoms with Crippen LogP contribution in [0.1, 0.15) is 45.6 Å². The maximum absolute atomic E-state index is 5.57. The fourth-order valence-corrected chi connectivity index (χ4v) is 3.70. The molecule has 7 heteroatoms. The summed E-state index contributed by atoms with van der Waals surface area (Å²) < 4.78 is 16.4. The van der Waals surface area contributed by atoms with Crippen molar-refractivity contribution in [3.63, 3.8) is 0 Å². The van der Waals surface area contributed by atoms with Gasteiger partial charge in [0.2, 0.25) is 5.75 Å². The monoisotopic (exact) mass is 406 g/mol. The highest BCUT2D eigenvalue weighted by molar-refractivity contribution is 5.80. The molecule has 1 aromatic carbocycles. The number of rotatable bonds is 9. The molecule has 0 radical (unpaired) electrons. The van der Waals surface area contributed by atoms with Crippen molar-refractivity contribution in [1.82, 2.24) is 15.5 Å².